The summed E-state index contributed by atoms with van der Waals surface area (Å²) in [6.07, 6.45) is 13.1. The van der Waals surface area contributed by atoms with E-state index in [1.165, 1.54) is 88.0 Å². The Morgan fingerprint density at radius 3 is 1.72 bits per heavy atom. The quantitative estimate of drug-likeness (QED) is 0.125. The van der Waals surface area contributed by atoms with Crippen molar-refractivity contribution in [3.8, 4) is 22.3 Å². The maximum Gasteiger partial charge on any atom is -0.00201 e. The molecule has 0 heterocycles. The van der Waals surface area contributed by atoms with E-state index in [0.717, 1.165) is 25.7 Å². The summed E-state index contributed by atoms with van der Waals surface area (Å²) in [7, 11) is 0. The van der Waals surface area contributed by atoms with Crippen LogP contribution in [-0.4, -0.2) is 0 Å². The monoisotopic (exact) mass is 610 g/mol. The zero-order valence-electron chi connectivity index (χ0n) is 28.7. The minimum absolute atomic E-state index is 1.04. The molecule has 0 saturated heterocycles. The highest BCUT2D eigenvalue weighted by Crippen LogP contribution is 2.47. The molecule has 0 saturated carbocycles. The van der Waals surface area contributed by atoms with Crippen molar-refractivity contribution in [2.75, 3.05) is 0 Å². The first kappa shape index (κ1) is 32.0. The van der Waals surface area contributed by atoms with Crippen molar-refractivity contribution in [3.63, 3.8) is 0 Å². The molecule has 1 aliphatic carbocycles. The fourth-order valence-corrected chi connectivity index (χ4v) is 7.53. The third-order valence-electron chi connectivity index (χ3n) is 9.74. The summed E-state index contributed by atoms with van der Waals surface area (Å²) < 4.78 is 0. The summed E-state index contributed by atoms with van der Waals surface area (Å²) in [5, 5.41) is 7.79. The zero-order valence-corrected chi connectivity index (χ0v) is 28.7. The Hall–Kier alpha value is -4.94. The average molecular weight is 611 g/mol. The first-order valence-corrected chi connectivity index (χ1v) is 17.4. The third-order valence-corrected chi connectivity index (χ3v) is 9.74. The van der Waals surface area contributed by atoms with Crippen LogP contribution in [0.2, 0.25) is 0 Å². The minimum atomic E-state index is 1.04. The molecule has 0 heteroatoms. The normalized spacial score (nSPS) is 13.3. The van der Waals surface area contributed by atoms with E-state index in [4.69, 9.17) is 0 Å². The summed E-state index contributed by atoms with van der Waals surface area (Å²) in [4.78, 5) is 0. The lowest BCUT2D eigenvalue weighted by molar-refractivity contribution is 0.927. The number of rotatable bonds is 7. The second kappa shape index (κ2) is 14.2. The van der Waals surface area contributed by atoms with Crippen molar-refractivity contribution in [1.29, 1.82) is 0 Å². The van der Waals surface area contributed by atoms with Crippen molar-refractivity contribution in [1.82, 2.24) is 0 Å². The molecule has 6 aromatic carbocycles. The summed E-state index contributed by atoms with van der Waals surface area (Å²) in [5.41, 5.74) is 13.3. The average Bonchev–Trinajstić information content (AvgIpc) is 3.14. The van der Waals surface area contributed by atoms with Crippen LogP contribution in [0.5, 0.6) is 0 Å². The van der Waals surface area contributed by atoms with Crippen molar-refractivity contribution >= 4 is 43.5 Å². The van der Waals surface area contributed by atoms with E-state index in [1.54, 1.807) is 0 Å². The molecule has 47 heavy (non-hydrogen) atoms. The first-order chi connectivity index (χ1) is 23.1. The number of hydrogen-bond donors (Lipinski definition) is 0. The van der Waals surface area contributed by atoms with Gasteiger partial charge >= 0.3 is 0 Å². The Morgan fingerprint density at radius 2 is 1.19 bits per heavy atom. The van der Waals surface area contributed by atoms with Crippen LogP contribution >= 0.6 is 0 Å². The highest BCUT2D eigenvalue weighted by molar-refractivity contribution is 6.24. The molecular weight excluding hydrogens is 565 g/mol. The van der Waals surface area contributed by atoms with Gasteiger partial charge in [0.2, 0.25) is 0 Å². The fraction of sp³-hybridized carbons (Fsp3) is 0.191. The van der Waals surface area contributed by atoms with Gasteiger partial charge in [-0.05, 0) is 121 Å². The largest absolute Gasteiger partial charge is 0.0988 e. The number of fused-ring (bicyclic) bond motifs is 3. The molecule has 0 spiro atoms. The van der Waals surface area contributed by atoms with Crippen molar-refractivity contribution in [2.24, 2.45) is 0 Å². The number of benzene rings is 6. The molecule has 0 bridgehead atoms. The Kier molecular flexibility index (Phi) is 9.69. The van der Waals surface area contributed by atoms with Gasteiger partial charge in [-0.3, -0.25) is 0 Å². The van der Waals surface area contributed by atoms with Gasteiger partial charge in [-0.1, -0.05) is 161 Å². The van der Waals surface area contributed by atoms with Gasteiger partial charge < -0.3 is 0 Å². The second-order valence-electron chi connectivity index (χ2n) is 12.3. The second-order valence-corrected chi connectivity index (χ2v) is 12.3. The van der Waals surface area contributed by atoms with Crippen LogP contribution in [0.1, 0.15) is 70.1 Å². The smallest absolute Gasteiger partial charge is 0.00201 e. The predicted molar refractivity (Wildman–Crippen MR) is 210 cm³/mol. The lowest BCUT2D eigenvalue weighted by atomic mass is 9.82. The van der Waals surface area contributed by atoms with Crippen molar-refractivity contribution in [3.05, 3.63) is 156 Å². The van der Waals surface area contributed by atoms with Gasteiger partial charge in [-0.25, -0.2) is 0 Å². The van der Waals surface area contributed by atoms with E-state index < -0.39 is 0 Å². The number of allylic oxidation sites excluding steroid dienone is 7. The van der Waals surface area contributed by atoms with E-state index in [1.807, 2.05) is 19.9 Å². The van der Waals surface area contributed by atoms with Gasteiger partial charge in [0.05, 0.1) is 0 Å². The molecule has 1 aliphatic rings. The van der Waals surface area contributed by atoms with Crippen LogP contribution in [0.25, 0.3) is 65.7 Å². The van der Waals surface area contributed by atoms with E-state index >= 15 is 0 Å². The van der Waals surface area contributed by atoms with E-state index in [9.17, 15) is 0 Å². The highest BCUT2D eigenvalue weighted by atomic mass is 14.2. The van der Waals surface area contributed by atoms with E-state index in [-0.39, 0.29) is 0 Å². The Labute approximate surface area is 281 Å². The summed E-state index contributed by atoms with van der Waals surface area (Å²) in [6, 6.07) is 38.5. The molecule has 0 N–H and O–H groups in total. The molecule has 0 aliphatic heterocycles. The van der Waals surface area contributed by atoms with Crippen LogP contribution in [-0.2, 0) is 0 Å². The molecule has 0 nitrogen and oxygen atoms in total. The first-order valence-electron chi connectivity index (χ1n) is 17.4. The molecule has 0 radical (unpaired) electrons. The molecule has 0 fully saturated rings. The third kappa shape index (κ3) is 5.79. The molecule has 0 atom stereocenters. The molecular formula is C47H46. The standard InChI is InChI=1S/C45H40.C2H6/c1-5-17-32(6-2)30(3)34-26-16-27-35(31(34)4)44-39-22-12-14-24-41(39)45(42-25-15-13-23-40(42)44)43-29-28-36(33-18-8-7-9-19-33)37-20-10-11-21-38(37)43;1-2/h6-8,10-16,18,20-29H,2,5,9,17,19H2,1,3-4H3;1-2H3/b32-30-;. The highest BCUT2D eigenvalue weighted by Gasteiger charge is 2.21. The molecule has 0 unspecified atom stereocenters. The summed E-state index contributed by atoms with van der Waals surface area (Å²) >= 11 is 0. The van der Waals surface area contributed by atoms with E-state index in [0.29, 0.717) is 0 Å². The van der Waals surface area contributed by atoms with Crippen LogP contribution in [0.4, 0.5) is 0 Å². The molecule has 6 aromatic rings. The van der Waals surface area contributed by atoms with Crippen molar-refractivity contribution < 1.29 is 0 Å². The summed E-state index contributed by atoms with van der Waals surface area (Å²) in [5.74, 6) is 0. The Morgan fingerprint density at radius 1 is 0.660 bits per heavy atom. The van der Waals surface area contributed by atoms with Crippen LogP contribution in [0, 0.1) is 6.92 Å². The van der Waals surface area contributed by atoms with Gasteiger partial charge in [-0.15, -0.1) is 0 Å². The molecule has 234 valence electrons. The van der Waals surface area contributed by atoms with E-state index in [2.05, 4.69) is 149 Å². The Balaban J connectivity index is 0.00000190. The van der Waals surface area contributed by atoms with Crippen LogP contribution < -0.4 is 0 Å². The van der Waals surface area contributed by atoms with Crippen LogP contribution in [0.3, 0.4) is 0 Å². The predicted octanol–water partition coefficient (Wildman–Crippen LogP) is 14.3. The van der Waals surface area contributed by atoms with Gasteiger partial charge in [0.1, 0.15) is 0 Å². The molecule has 0 aromatic heterocycles. The fourth-order valence-electron chi connectivity index (χ4n) is 7.53. The minimum Gasteiger partial charge on any atom is -0.0988 e. The Bertz CT molecular complexity index is 2140. The van der Waals surface area contributed by atoms with Crippen molar-refractivity contribution in [2.45, 2.75) is 60.3 Å². The lowest BCUT2D eigenvalue weighted by Gasteiger charge is -2.22. The van der Waals surface area contributed by atoms with Gasteiger partial charge in [0.25, 0.3) is 0 Å². The SMILES string of the molecule is C=C/C(CCC)=C(\C)c1cccc(-c2c3ccccc3c(-c3ccc(C4=CC=CCC4)c4ccccc34)c3ccccc23)c1C.CC. The van der Waals surface area contributed by atoms with Crippen LogP contribution in [0.15, 0.2) is 140 Å². The topological polar surface area (TPSA) is 0 Å². The molecule has 7 rings (SSSR count). The summed E-state index contributed by atoms with van der Waals surface area (Å²) in [6.45, 7) is 14.9. The molecule has 0 amide bonds. The zero-order chi connectivity index (χ0) is 32.9. The van der Waals surface area contributed by atoms with Gasteiger partial charge in [0, 0.05) is 0 Å². The van der Waals surface area contributed by atoms with Gasteiger partial charge in [-0.2, -0.15) is 0 Å². The lowest BCUT2D eigenvalue weighted by Crippen LogP contribution is -1.97. The number of hydrogen-bond acceptors (Lipinski definition) is 0. The van der Waals surface area contributed by atoms with Gasteiger partial charge in [0.15, 0.2) is 0 Å². The maximum absolute atomic E-state index is 4.15. The maximum atomic E-state index is 4.15.